The summed E-state index contributed by atoms with van der Waals surface area (Å²) in [6, 6.07) is 43.3. The maximum absolute atomic E-state index is 13.7. The van der Waals surface area contributed by atoms with Gasteiger partial charge in [0, 0.05) is 5.56 Å². The van der Waals surface area contributed by atoms with E-state index in [9.17, 15) is 9.90 Å². The quantitative estimate of drug-likeness (QED) is 0.185. The maximum atomic E-state index is 13.7. The summed E-state index contributed by atoms with van der Waals surface area (Å²) in [4.78, 5) is 13.7. The first-order valence-corrected chi connectivity index (χ1v) is 16.2. The molecule has 48 heavy (non-hydrogen) atoms. The third-order valence-electron chi connectivity index (χ3n) is 8.86. The van der Waals surface area contributed by atoms with Crippen LogP contribution in [0.4, 0.5) is 0 Å². The Hall–Kier alpha value is -5.81. The molecule has 0 aromatic heterocycles. The number of carbonyl (C=O) groups excluding carboxylic acids is 1. The first-order chi connectivity index (χ1) is 23.5. The van der Waals surface area contributed by atoms with Crippen LogP contribution in [-0.2, 0) is 32.3 Å². The number of benzene rings is 6. The van der Waals surface area contributed by atoms with Gasteiger partial charge in [-0.25, -0.2) is 0 Å². The molecule has 2 aliphatic heterocycles. The van der Waals surface area contributed by atoms with Crippen LogP contribution in [0, 0.1) is 0 Å². The van der Waals surface area contributed by atoms with Crippen molar-refractivity contribution in [3.8, 4) is 39.9 Å². The van der Waals surface area contributed by atoms with Crippen molar-refractivity contribution in [3.63, 3.8) is 0 Å². The van der Waals surface area contributed by atoms with Crippen molar-refractivity contribution in [3.05, 3.63) is 172 Å². The molecule has 0 spiro atoms. The summed E-state index contributed by atoms with van der Waals surface area (Å²) in [5.74, 6) is 2.02. The van der Waals surface area contributed by atoms with Crippen molar-refractivity contribution in [2.24, 2.45) is 0 Å². The summed E-state index contributed by atoms with van der Waals surface area (Å²) in [6.07, 6.45) is 2.92. The minimum atomic E-state index is -0.260. The monoisotopic (exact) mass is 632 g/mol. The van der Waals surface area contributed by atoms with Crippen molar-refractivity contribution in [1.29, 1.82) is 0 Å². The lowest BCUT2D eigenvalue weighted by molar-refractivity contribution is 0.103. The highest BCUT2D eigenvalue weighted by molar-refractivity contribution is 6.11. The van der Waals surface area contributed by atoms with Crippen molar-refractivity contribution in [2.45, 2.75) is 32.3 Å². The van der Waals surface area contributed by atoms with Gasteiger partial charge in [-0.05, 0) is 113 Å². The summed E-state index contributed by atoms with van der Waals surface area (Å²) in [5, 5.41) is 11.4. The Morgan fingerprint density at radius 2 is 1.29 bits per heavy atom. The fourth-order valence-electron chi connectivity index (χ4n) is 6.25. The van der Waals surface area contributed by atoms with E-state index in [0.717, 1.165) is 57.7 Å². The van der Waals surface area contributed by atoms with Crippen LogP contribution in [0.5, 0.6) is 28.7 Å². The molecule has 5 nitrogen and oxygen atoms in total. The van der Waals surface area contributed by atoms with Crippen LogP contribution in [-0.4, -0.2) is 18.0 Å². The van der Waals surface area contributed by atoms with Crippen LogP contribution in [0.15, 0.2) is 133 Å². The molecule has 4 bridgehead atoms. The minimum Gasteiger partial charge on any atom is -0.504 e. The second-order valence-electron chi connectivity index (χ2n) is 12.0. The van der Waals surface area contributed by atoms with E-state index in [1.165, 1.54) is 5.56 Å². The van der Waals surface area contributed by atoms with Gasteiger partial charge in [0.15, 0.2) is 17.3 Å². The zero-order valence-corrected chi connectivity index (χ0v) is 26.8. The minimum absolute atomic E-state index is 0.169. The molecule has 1 N–H and O–H groups in total. The molecule has 0 amide bonds. The van der Waals surface area contributed by atoms with E-state index < -0.39 is 0 Å². The summed E-state index contributed by atoms with van der Waals surface area (Å²) in [5.41, 5.74) is 8.44. The Labute approximate surface area is 281 Å². The molecule has 0 saturated heterocycles. The molecule has 0 unspecified atom stereocenters. The maximum Gasteiger partial charge on any atom is 0.196 e. The highest BCUT2D eigenvalue weighted by Gasteiger charge is 2.21. The normalized spacial score (nSPS) is 12.4. The van der Waals surface area contributed by atoms with Gasteiger partial charge in [-0.2, -0.15) is 0 Å². The van der Waals surface area contributed by atoms with E-state index in [0.29, 0.717) is 30.8 Å². The average Bonchev–Trinajstić information content (AvgIpc) is 3.14. The number of carbonyl (C=O) groups is 1. The van der Waals surface area contributed by atoms with Crippen LogP contribution in [0.1, 0.15) is 43.7 Å². The number of aromatic hydroxyl groups is 1. The van der Waals surface area contributed by atoms with Crippen molar-refractivity contribution in [2.75, 3.05) is 7.11 Å². The zero-order chi connectivity index (χ0) is 32.9. The van der Waals surface area contributed by atoms with Gasteiger partial charge in [-0.15, -0.1) is 0 Å². The third-order valence-corrected chi connectivity index (χ3v) is 8.86. The Morgan fingerprint density at radius 3 is 1.98 bits per heavy atom. The second kappa shape index (κ2) is 13.9. The predicted molar refractivity (Wildman–Crippen MR) is 189 cm³/mol. The molecular weight excluding hydrogens is 596 g/mol. The Balaban J connectivity index is 1.33. The highest BCUT2D eigenvalue weighted by Crippen LogP contribution is 2.39. The fourth-order valence-corrected chi connectivity index (χ4v) is 6.25. The number of phenolic OH excluding ortho intramolecular Hbond substituents is 1. The molecule has 8 rings (SSSR count). The van der Waals surface area contributed by atoms with Gasteiger partial charge < -0.3 is 19.3 Å². The van der Waals surface area contributed by atoms with Gasteiger partial charge in [-0.3, -0.25) is 4.79 Å². The lowest BCUT2D eigenvalue weighted by Crippen LogP contribution is -2.05. The number of aryl methyl sites for hydroxylation is 4. The Kier molecular flexibility index (Phi) is 8.92. The molecule has 0 radical (unpaired) electrons. The molecule has 238 valence electrons. The number of ether oxygens (including phenoxy) is 3. The van der Waals surface area contributed by atoms with E-state index in [2.05, 4.69) is 36.4 Å². The zero-order valence-electron chi connectivity index (χ0n) is 26.8. The van der Waals surface area contributed by atoms with E-state index in [1.54, 1.807) is 25.3 Å². The van der Waals surface area contributed by atoms with Gasteiger partial charge in [0.25, 0.3) is 0 Å². The predicted octanol–water partition coefficient (Wildman–Crippen LogP) is 9.55. The number of ketones is 1. The van der Waals surface area contributed by atoms with Gasteiger partial charge >= 0.3 is 0 Å². The molecular formula is C43H36O5. The molecule has 0 aliphatic carbocycles. The SMILES string of the molecule is COc1ccc2c(c1)CCc1ccc(cc1)Oc1cc(cc(C(=O)c3ccccc3)c1O)CCc1cc(OCc3ccccc3)ccc1-2. The van der Waals surface area contributed by atoms with Crippen LogP contribution in [0.3, 0.4) is 0 Å². The van der Waals surface area contributed by atoms with Gasteiger partial charge in [-0.1, -0.05) is 84.9 Å². The molecule has 5 heteroatoms. The summed E-state index contributed by atoms with van der Waals surface area (Å²) < 4.78 is 18.2. The smallest absolute Gasteiger partial charge is 0.196 e. The van der Waals surface area contributed by atoms with Gasteiger partial charge in [0.2, 0.25) is 0 Å². The molecule has 6 aromatic rings. The van der Waals surface area contributed by atoms with Crippen LogP contribution < -0.4 is 14.2 Å². The summed E-state index contributed by atoms with van der Waals surface area (Å²) in [6.45, 7) is 0.468. The van der Waals surface area contributed by atoms with Crippen LogP contribution in [0.2, 0.25) is 0 Å². The standard InChI is InChI=1S/C43H36O5/c1-46-36-20-22-38-33(26-36)16-12-29-14-18-35(19-15-29)48-41-25-31(24-40(43(41)45)42(44)32-10-6-3-7-11-32)13-17-34-27-37(21-23-39(34)38)47-28-30-8-4-2-5-9-30/h2-11,14-15,18-27,45H,12-13,16-17,28H2,1H3. The molecule has 2 aliphatic rings. The number of hydrogen-bond acceptors (Lipinski definition) is 5. The number of hydrogen-bond donors (Lipinski definition) is 1. The molecule has 0 fully saturated rings. The molecule has 6 aromatic carbocycles. The van der Waals surface area contributed by atoms with Crippen molar-refractivity contribution < 1.29 is 24.1 Å². The first-order valence-electron chi connectivity index (χ1n) is 16.2. The number of fused-ring (bicyclic) bond motifs is 4. The largest absolute Gasteiger partial charge is 0.504 e. The van der Waals surface area contributed by atoms with E-state index in [4.69, 9.17) is 14.2 Å². The van der Waals surface area contributed by atoms with E-state index >= 15 is 0 Å². The lowest BCUT2D eigenvalue weighted by atomic mass is 9.89. The number of rotatable bonds is 6. The summed E-state index contributed by atoms with van der Waals surface area (Å²) >= 11 is 0. The fraction of sp³-hybridized carbons (Fsp3) is 0.140. The summed E-state index contributed by atoms with van der Waals surface area (Å²) in [7, 11) is 1.70. The van der Waals surface area contributed by atoms with Gasteiger partial charge in [0.1, 0.15) is 23.9 Å². The van der Waals surface area contributed by atoms with E-state index in [1.807, 2.05) is 78.9 Å². The average molecular weight is 633 g/mol. The van der Waals surface area contributed by atoms with Crippen LogP contribution in [0.25, 0.3) is 11.1 Å². The first kappa shape index (κ1) is 30.8. The van der Waals surface area contributed by atoms with E-state index in [-0.39, 0.29) is 22.8 Å². The molecule has 0 saturated carbocycles. The van der Waals surface area contributed by atoms with Crippen molar-refractivity contribution in [1.82, 2.24) is 0 Å². The van der Waals surface area contributed by atoms with Crippen molar-refractivity contribution >= 4 is 5.78 Å². The number of methoxy groups -OCH3 is 1. The topological polar surface area (TPSA) is 65.0 Å². The van der Waals surface area contributed by atoms with Gasteiger partial charge in [0.05, 0.1) is 12.7 Å². The Morgan fingerprint density at radius 1 is 0.667 bits per heavy atom. The third kappa shape index (κ3) is 6.81. The lowest BCUT2D eigenvalue weighted by Gasteiger charge is -2.18. The Bertz CT molecular complexity index is 2050. The number of phenols is 1. The molecule has 0 atom stereocenters. The second-order valence-corrected chi connectivity index (χ2v) is 12.0. The molecule has 2 heterocycles. The highest BCUT2D eigenvalue weighted by atomic mass is 16.5. The van der Waals surface area contributed by atoms with Crippen LogP contribution >= 0.6 is 0 Å².